The molecule has 0 saturated heterocycles. The van der Waals surface area contributed by atoms with Gasteiger partial charge in [0, 0.05) is 31.3 Å². The van der Waals surface area contributed by atoms with Crippen molar-refractivity contribution in [2.24, 2.45) is 0 Å². The molecule has 2 heterocycles. The average Bonchev–Trinajstić information content (AvgIpc) is 2.76. The van der Waals surface area contributed by atoms with Crippen molar-refractivity contribution in [1.82, 2.24) is 19.7 Å². The molecule has 0 spiro atoms. The van der Waals surface area contributed by atoms with Crippen molar-refractivity contribution in [3.05, 3.63) is 36.0 Å². The van der Waals surface area contributed by atoms with E-state index >= 15 is 0 Å². The molecule has 0 atom stereocenters. The Hall–Kier alpha value is -1.62. The van der Waals surface area contributed by atoms with Gasteiger partial charge < -0.3 is 4.74 Å². The number of rotatable bonds is 3. The fourth-order valence-electron chi connectivity index (χ4n) is 1.90. The van der Waals surface area contributed by atoms with Crippen molar-refractivity contribution >= 4 is 11.6 Å². The molecular formula is C11H11ClN4O. The lowest BCUT2D eigenvalue weighted by Gasteiger charge is -2.34. The van der Waals surface area contributed by atoms with E-state index in [4.69, 9.17) is 16.3 Å². The van der Waals surface area contributed by atoms with Crippen LogP contribution in [0, 0.1) is 0 Å². The maximum absolute atomic E-state index is 5.75. The molecule has 0 aromatic carbocycles. The Bertz CT molecular complexity index is 496. The summed E-state index contributed by atoms with van der Waals surface area (Å²) in [7, 11) is 0. The Morgan fingerprint density at radius 1 is 1.35 bits per heavy atom. The highest BCUT2D eigenvalue weighted by atomic mass is 35.5. The summed E-state index contributed by atoms with van der Waals surface area (Å²) in [4.78, 5) is 7.82. The van der Waals surface area contributed by atoms with Crippen molar-refractivity contribution < 1.29 is 4.74 Å². The van der Waals surface area contributed by atoms with E-state index in [1.807, 2.05) is 16.9 Å². The molecule has 3 rings (SSSR count). The molecule has 0 radical (unpaired) electrons. The molecule has 0 bridgehead atoms. The number of aromatic nitrogens is 4. The minimum Gasteiger partial charge on any atom is -0.474 e. The zero-order valence-corrected chi connectivity index (χ0v) is 9.79. The molecule has 0 amide bonds. The summed E-state index contributed by atoms with van der Waals surface area (Å²) in [5, 5.41) is 4.61. The second-order valence-electron chi connectivity index (χ2n) is 4.03. The van der Waals surface area contributed by atoms with E-state index < -0.39 is 0 Å². The van der Waals surface area contributed by atoms with Gasteiger partial charge in [-0.25, -0.2) is 9.97 Å². The first-order valence-corrected chi connectivity index (χ1v) is 5.82. The molecule has 0 unspecified atom stereocenters. The van der Waals surface area contributed by atoms with Crippen LogP contribution in [0.4, 0.5) is 0 Å². The molecule has 2 aromatic rings. The molecule has 0 aliphatic heterocycles. The summed E-state index contributed by atoms with van der Waals surface area (Å²) in [5.41, 5.74) is 0. The van der Waals surface area contributed by atoms with Gasteiger partial charge in [-0.05, 0) is 6.07 Å². The fourth-order valence-corrected chi connectivity index (χ4v) is 2.04. The quantitative estimate of drug-likeness (QED) is 0.783. The smallest absolute Gasteiger partial charge is 0.218 e. The maximum Gasteiger partial charge on any atom is 0.218 e. The zero-order valence-electron chi connectivity index (χ0n) is 9.03. The van der Waals surface area contributed by atoms with Gasteiger partial charge in [0.25, 0.3) is 0 Å². The largest absolute Gasteiger partial charge is 0.474 e. The standard InChI is InChI=1S/C11H11ClN4O/c12-10-6-11(14-7-13-10)17-9-4-8(5-9)16-3-1-2-15-16/h1-3,6-9H,4-5H2. The summed E-state index contributed by atoms with van der Waals surface area (Å²) in [6.45, 7) is 0. The highest BCUT2D eigenvalue weighted by molar-refractivity contribution is 6.29. The van der Waals surface area contributed by atoms with Gasteiger partial charge in [-0.2, -0.15) is 5.10 Å². The lowest BCUT2D eigenvalue weighted by atomic mass is 9.89. The third-order valence-electron chi connectivity index (χ3n) is 2.86. The Morgan fingerprint density at radius 2 is 2.24 bits per heavy atom. The third-order valence-corrected chi connectivity index (χ3v) is 3.07. The molecule has 17 heavy (non-hydrogen) atoms. The van der Waals surface area contributed by atoms with E-state index in [2.05, 4.69) is 15.1 Å². The van der Waals surface area contributed by atoms with Crippen LogP contribution in [0.25, 0.3) is 0 Å². The van der Waals surface area contributed by atoms with Crippen LogP contribution in [-0.4, -0.2) is 25.9 Å². The minimum absolute atomic E-state index is 0.190. The van der Waals surface area contributed by atoms with Crippen molar-refractivity contribution in [3.8, 4) is 5.88 Å². The number of ether oxygens (including phenoxy) is 1. The molecule has 1 fully saturated rings. The Balaban J connectivity index is 1.56. The molecule has 1 saturated carbocycles. The maximum atomic E-state index is 5.75. The summed E-state index contributed by atoms with van der Waals surface area (Å²) in [6, 6.07) is 3.99. The first-order chi connectivity index (χ1) is 8.31. The van der Waals surface area contributed by atoms with Gasteiger partial charge in [-0.1, -0.05) is 11.6 Å². The van der Waals surface area contributed by atoms with E-state index in [1.54, 1.807) is 12.3 Å². The van der Waals surface area contributed by atoms with E-state index in [1.165, 1.54) is 6.33 Å². The minimum atomic E-state index is 0.190. The van der Waals surface area contributed by atoms with Crippen LogP contribution in [0.1, 0.15) is 18.9 Å². The molecule has 88 valence electrons. The monoisotopic (exact) mass is 250 g/mol. The summed E-state index contributed by atoms with van der Waals surface area (Å²) in [6.07, 6.45) is 7.25. The predicted octanol–water partition coefficient (Wildman–Crippen LogP) is 2.11. The molecule has 1 aliphatic carbocycles. The molecule has 2 aromatic heterocycles. The van der Waals surface area contributed by atoms with Crippen LogP contribution in [-0.2, 0) is 0 Å². The van der Waals surface area contributed by atoms with Gasteiger partial charge in [0.05, 0.1) is 6.04 Å². The number of hydrogen-bond acceptors (Lipinski definition) is 4. The third kappa shape index (κ3) is 2.24. The van der Waals surface area contributed by atoms with Crippen molar-refractivity contribution in [1.29, 1.82) is 0 Å². The zero-order chi connectivity index (χ0) is 11.7. The highest BCUT2D eigenvalue weighted by Crippen LogP contribution is 2.34. The molecule has 5 nitrogen and oxygen atoms in total. The van der Waals surface area contributed by atoms with Crippen LogP contribution in [0.5, 0.6) is 5.88 Å². The van der Waals surface area contributed by atoms with Crippen LogP contribution >= 0.6 is 11.6 Å². The molecular weight excluding hydrogens is 240 g/mol. The SMILES string of the molecule is Clc1cc(OC2CC(n3cccn3)C2)ncn1. The second kappa shape index (κ2) is 4.33. The van der Waals surface area contributed by atoms with Gasteiger partial charge >= 0.3 is 0 Å². The van der Waals surface area contributed by atoms with E-state index in [0.717, 1.165) is 12.8 Å². The Labute approximate surface area is 103 Å². The topological polar surface area (TPSA) is 52.8 Å². The predicted molar refractivity (Wildman–Crippen MR) is 62.0 cm³/mol. The van der Waals surface area contributed by atoms with Gasteiger partial charge in [0.2, 0.25) is 5.88 Å². The van der Waals surface area contributed by atoms with Crippen molar-refractivity contribution in [3.63, 3.8) is 0 Å². The lowest BCUT2D eigenvalue weighted by Crippen LogP contribution is -2.35. The Morgan fingerprint density at radius 3 is 2.94 bits per heavy atom. The highest BCUT2D eigenvalue weighted by Gasteiger charge is 2.32. The number of halogens is 1. The average molecular weight is 251 g/mol. The number of hydrogen-bond donors (Lipinski definition) is 0. The Kier molecular flexibility index (Phi) is 2.68. The van der Waals surface area contributed by atoms with Crippen LogP contribution < -0.4 is 4.74 Å². The van der Waals surface area contributed by atoms with Crippen molar-refractivity contribution in [2.75, 3.05) is 0 Å². The normalized spacial score (nSPS) is 23.1. The summed E-state index contributed by atoms with van der Waals surface area (Å²) < 4.78 is 7.65. The van der Waals surface area contributed by atoms with Crippen LogP contribution in [0.3, 0.4) is 0 Å². The van der Waals surface area contributed by atoms with E-state index in [-0.39, 0.29) is 6.10 Å². The van der Waals surface area contributed by atoms with Gasteiger partial charge in [-0.15, -0.1) is 0 Å². The molecule has 1 aliphatic rings. The lowest BCUT2D eigenvalue weighted by molar-refractivity contribution is 0.0606. The van der Waals surface area contributed by atoms with Crippen molar-refractivity contribution in [2.45, 2.75) is 25.0 Å². The molecule has 0 N–H and O–H groups in total. The summed E-state index contributed by atoms with van der Waals surface area (Å²) in [5.74, 6) is 0.536. The van der Waals surface area contributed by atoms with Gasteiger partial charge in [0.15, 0.2) is 0 Å². The number of nitrogens with zero attached hydrogens (tertiary/aromatic N) is 4. The van der Waals surface area contributed by atoms with Gasteiger partial charge in [-0.3, -0.25) is 4.68 Å². The fraction of sp³-hybridized carbons (Fsp3) is 0.364. The second-order valence-corrected chi connectivity index (χ2v) is 4.42. The van der Waals surface area contributed by atoms with E-state index in [0.29, 0.717) is 17.1 Å². The first-order valence-electron chi connectivity index (χ1n) is 5.44. The van der Waals surface area contributed by atoms with Gasteiger partial charge in [0.1, 0.15) is 17.6 Å². The summed E-state index contributed by atoms with van der Waals surface area (Å²) >= 11 is 5.75. The van der Waals surface area contributed by atoms with Crippen LogP contribution in [0.15, 0.2) is 30.9 Å². The van der Waals surface area contributed by atoms with E-state index in [9.17, 15) is 0 Å². The first kappa shape index (κ1) is 10.5. The molecule has 6 heteroatoms. The van der Waals surface area contributed by atoms with Crippen LogP contribution in [0.2, 0.25) is 5.15 Å².